The third-order valence-electron chi connectivity index (χ3n) is 1.67. The maximum absolute atomic E-state index is 11.5. The molecule has 0 amide bonds. The molecular weight excluding hydrogens is 352 g/mol. The van der Waals surface area contributed by atoms with E-state index in [9.17, 15) is 4.79 Å². The fourth-order valence-corrected chi connectivity index (χ4v) is 2.35. The summed E-state index contributed by atoms with van der Waals surface area (Å²) < 4.78 is 12.1. The highest BCUT2D eigenvalue weighted by molar-refractivity contribution is 9.11. The molecule has 0 aliphatic carbocycles. The number of carbonyl (C=O) groups is 1. The zero-order chi connectivity index (χ0) is 13.1. The topological polar surface area (TPSA) is 35.5 Å². The van der Waals surface area contributed by atoms with Crippen molar-refractivity contribution in [3.05, 3.63) is 27.1 Å². The molecule has 0 saturated heterocycles. The molecule has 0 bridgehead atoms. The molecule has 17 heavy (non-hydrogen) atoms. The molecule has 0 aliphatic rings. The molecule has 94 valence electrons. The number of hydrogen-bond acceptors (Lipinski definition) is 3. The Hall–Kier alpha value is -0.550. The summed E-state index contributed by atoms with van der Waals surface area (Å²) in [5, 5.41) is 0. The van der Waals surface area contributed by atoms with Crippen molar-refractivity contribution < 1.29 is 14.3 Å². The van der Waals surface area contributed by atoms with Crippen molar-refractivity contribution >= 4 is 37.8 Å². The molecule has 0 aromatic heterocycles. The van der Waals surface area contributed by atoms with Crippen molar-refractivity contribution in [1.82, 2.24) is 0 Å². The Morgan fingerprint density at radius 3 is 2.24 bits per heavy atom. The molecule has 0 spiro atoms. The standard InChI is InChI=1S/C12H14Br2O3/c1-12(2,3)17-10(15)7-16-11-8(13)5-4-6-9(11)14/h4-6H,7H2,1-3H3. The van der Waals surface area contributed by atoms with Crippen molar-refractivity contribution in [2.24, 2.45) is 0 Å². The van der Waals surface area contributed by atoms with Crippen LogP contribution in [0.25, 0.3) is 0 Å². The van der Waals surface area contributed by atoms with Gasteiger partial charge in [-0.1, -0.05) is 6.07 Å². The molecule has 0 fully saturated rings. The van der Waals surface area contributed by atoms with Gasteiger partial charge in [-0.15, -0.1) is 0 Å². The molecule has 0 radical (unpaired) electrons. The molecule has 0 N–H and O–H groups in total. The van der Waals surface area contributed by atoms with E-state index in [1.165, 1.54) is 0 Å². The van der Waals surface area contributed by atoms with Gasteiger partial charge in [0.05, 0.1) is 8.95 Å². The summed E-state index contributed by atoms with van der Waals surface area (Å²) in [6.07, 6.45) is 0. The zero-order valence-corrected chi connectivity index (χ0v) is 13.1. The van der Waals surface area contributed by atoms with Gasteiger partial charge in [-0.05, 0) is 64.8 Å². The molecule has 1 rings (SSSR count). The lowest BCUT2D eigenvalue weighted by molar-refractivity contribution is -0.157. The van der Waals surface area contributed by atoms with E-state index in [1.54, 1.807) is 0 Å². The Labute approximate surface area is 118 Å². The van der Waals surface area contributed by atoms with Gasteiger partial charge in [0.25, 0.3) is 0 Å². The summed E-state index contributed by atoms with van der Waals surface area (Å²) in [7, 11) is 0. The SMILES string of the molecule is CC(C)(C)OC(=O)COc1c(Br)cccc1Br. The van der Waals surface area contributed by atoms with E-state index in [0.717, 1.165) is 8.95 Å². The Morgan fingerprint density at radius 1 is 1.24 bits per heavy atom. The van der Waals surface area contributed by atoms with Gasteiger partial charge in [-0.3, -0.25) is 0 Å². The molecule has 0 heterocycles. The van der Waals surface area contributed by atoms with Gasteiger partial charge in [-0.2, -0.15) is 0 Å². The molecular formula is C12H14Br2O3. The van der Waals surface area contributed by atoms with Crippen LogP contribution in [-0.4, -0.2) is 18.2 Å². The zero-order valence-electron chi connectivity index (χ0n) is 9.92. The second-order valence-electron chi connectivity index (χ2n) is 4.43. The van der Waals surface area contributed by atoms with Gasteiger partial charge in [0.1, 0.15) is 11.4 Å². The average Bonchev–Trinajstić information content (AvgIpc) is 2.14. The Bertz CT molecular complexity index is 390. The van der Waals surface area contributed by atoms with Crippen LogP contribution in [-0.2, 0) is 9.53 Å². The van der Waals surface area contributed by atoms with Crippen LogP contribution >= 0.6 is 31.9 Å². The number of benzene rings is 1. The molecule has 1 aromatic carbocycles. The lowest BCUT2D eigenvalue weighted by Crippen LogP contribution is -2.27. The van der Waals surface area contributed by atoms with Crippen molar-refractivity contribution in [2.45, 2.75) is 26.4 Å². The molecule has 0 saturated carbocycles. The highest BCUT2D eigenvalue weighted by atomic mass is 79.9. The van der Waals surface area contributed by atoms with E-state index in [0.29, 0.717) is 5.75 Å². The molecule has 0 unspecified atom stereocenters. The first-order valence-corrected chi connectivity index (χ1v) is 6.67. The van der Waals surface area contributed by atoms with Crippen LogP contribution < -0.4 is 4.74 Å². The fraction of sp³-hybridized carbons (Fsp3) is 0.417. The molecule has 0 aliphatic heterocycles. The predicted octanol–water partition coefficient (Wildman–Crippen LogP) is 3.93. The van der Waals surface area contributed by atoms with E-state index >= 15 is 0 Å². The van der Waals surface area contributed by atoms with Gasteiger partial charge in [0, 0.05) is 0 Å². The molecule has 3 nitrogen and oxygen atoms in total. The van der Waals surface area contributed by atoms with Crippen LogP contribution in [0.1, 0.15) is 20.8 Å². The first-order chi connectivity index (χ1) is 7.79. The second-order valence-corrected chi connectivity index (χ2v) is 6.13. The highest BCUT2D eigenvalue weighted by Gasteiger charge is 2.17. The number of para-hydroxylation sites is 1. The number of carbonyl (C=O) groups excluding carboxylic acids is 1. The Kier molecular flexibility index (Phi) is 5.01. The Morgan fingerprint density at radius 2 is 1.76 bits per heavy atom. The smallest absolute Gasteiger partial charge is 0.344 e. The van der Waals surface area contributed by atoms with Gasteiger partial charge in [0.2, 0.25) is 0 Å². The minimum atomic E-state index is -0.494. The van der Waals surface area contributed by atoms with E-state index in [-0.39, 0.29) is 12.6 Å². The summed E-state index contributed by atoms with van der Waals surface area (Å²) in [4.78, 5) is 11.5. The van der Waals surface area contributed by atoms with Gasteiger partial charge in [-0.25, -0.2) is 4.79 Å². The minimum absolute atomic E-state index is 0.113. The first-order valence-electron chi connectivity index (χ1n) is 5.08. The highest BCUT2D eigenvalue weighted by Crippen LogP contribution is 2.32. The number of esters is 1. The monoisotopic (exact) mass is 364 g/mol. The van der Waals surface area contributed by atoms with Crippen molar-refractivity contribution in [3.8, 4) is 5.75 Å². The Balaban J connectivity index is 2.59. The molecule has 1 aromatic rings. The lowest BCUT2D eigenvalue weighted by Gasteiger charge is -2.19. The quantitative estimate of drug-likeness (QED) is 0.761. The lowest BCUT2D eigenvalue weighted by atomic mass is 10.2. The summed E-state index contributed by atoms with van der Waals surface area (Å²) in [5.41, 5.74) is -0.494. The predicted molar refractivity (Wildman–Crippen MR) is 73.2 cm³/mol. The van der Waals surface area contributed by atoms with Crippen LogP contribution in [0.4, 0.5) is 0 Å². The van der Waals surface area contributed by atoms with Crippen LogP contribution in [0, 0.1) is 0 Å². The number of halogens is 2. The first kappa shape index (κ1) is 14.5. The third-order valence-corrected chi connectivity index (χ3v) is 2.92. The van der Waals surface area contributed by atoms with Crippen molar-refractivity contribution in [3.63, 3.8) is 0 Å². The second kappa shape index (κ2) is 5.87. The normalized spacial score (nSPS) is 11.1. The van der Waals surface area contributed by atoms with E-state index in [1.807, 2.05) is 39.0 Å². The van der Waals surface area contributed by atoms with Crippen LogP contribution in [0.5, 0.6) is 5.75 Å². The summed E-state index contributed by atoms with van der Waals surface area (Å²) in [6.45, 7) is 5.34. The maximum Gasteiger partial charge on any atom is 0.344 e. The number of ether oxygens (including phenoxy) is 2. The molecule has 0 atom stereocenters. The number of hydrogen-bond donors (Lipinski definition) is 0. The van der Waals surface area contributed by atoms with Crippen molar-refractivity contribution in [2.75, 3.05) is 6.61 Å². The molecule has 5 heteroatoms. The summed E-state index contributed by atoms with van der Waals surface area (Å²) in [6, 6.07) is 5.55. The van der Waals surface area contributed by atoms with Crippen LogP contribution in [0.15, 0.2) is 27.1 Å². The van der Waals surface area contributed by atoms with E-state index < -0.39 is 5.60 Å². The van der Waals surface area contributed by atoms with Crippen LogP contribution in [0.2, 0.25) is 0 Å². The van der Waals surface area contributed by atoms with Gasteiger partial charge >= 0.3 is 5.97 Å². The summed E-state index contributed by atoms with van der Waals surface area (Å²) >= 11 is 6.70. The summed E-state index contributed by atoms with van der Waals surface area (Å²) in [5.74, 6) is 0.207. The maximum atomic E-state index is 11.5. The van der Waals surface area contributed by atoms with E-state index in [4.69, 9.17) is 9.47 Å². The van der Waals surface area contributed by atoms with Crippen molar-refractivity contribution in [1.29, 1.82) is 0 Å². The van der Waals surface area contributed by atoms with Crippen LogP contribution in [0.3, 0.4) is 0 Å². The largest absolute Gasteiger partial charge is 0.480 e. The van der Waals surface area contributed by atoms with Gasteiger partial charge < -0.3 is 9.47 Å². The fourth-order valence-electron chi connectivity index (χ4n) is 1.12. The number of rotatable bonds is 3. The van der Waals surface area contributed by atoms with E-state index in [2.05, 4.69) is 31.9 Å². The third kappa shape index (κ3) is 5.08. The minimum Gasteiger partial charge on any atom is -0.480 e. The average molecular weight is 366 g/mol. The van der Waals surface area contributed by atoms with Gasteiger partial charge in [0.15, 0.2) is 6.61 Å².